The van der Waals surface area contributed by atoms with Gasteiger partial charge in [-0.3, -0.25) is 0 Å². The topological polar surface area (TPSA) is 37.3 Å². The van der Waals surface area contributed by atoms with Crippen molar-refractivity contribution in [2.24, 2.45) is 0 Å². The Bertz CT molecular complexity index is 154. The molecule has 0 saturated heterocycles. The van der Waals surface area contributed by atoms with Gasteiger partial charge in [0.05, 0.1) is 0 Å². The van der Waals surface area contributed by atoms with Crippen LogP contribution >= 0.6 is 0 Å². The Hall–Kier alpha value is 0.00870. The molecular formula is C12H25O2Sn. The molecule has 1 N–H and O–H groups in total. The summed E-state index contributed by atoms with van der Waals surface area (Å²) in [7, 11) is 0. The van der Waals surface area contributed by atoms with Gasteiger partial charge in [0, 0.05) is 6.08 Å². The number of carboxylic acid groups (broad SMARTS) is 1. The van der Waals surface area contributed by atoms with Crippen LogP contribution in [0, 0.1) is 0 Å². The first kappa shape index (κ1) is 17.4. The van der Waals surface area contributed by atoms with Crippen LogP contribution in [0.4, 0.5) is 0 Å². The molecule has 0 heterocycles. The van der Waals surface area contributed by atoms with E-state index in [2.05, 4.69) is 27.4 Å². The van der Waals surface area contributed by atoms with Crippen molar-refractivity contribution in [3.8, 4) is 0 Å². The van der Waals surface area contributed by atoms with Crippen molar-refractivity contribution in [1.82, 2.24) is 0 Å². The summed E-state index contributed by atoms with van der Waals surface area (Å²) in [4.78, 5) is 9.25. The molecule has 0 bridgehead atoms. The van der Waals surface area contributed by atoms with Gasteiger partial charge in [-0.15, -0.1) is 0 Å². The number of unbranched alkanes of at least 4 members (excludes halogenated alkanes) is 2. The van der Waals surface area contributed by atoms with Crippen LogP contribution in [-0.2, 0) is 4.79 Å². The number of hydrogen-bond donors (Lipinski definition) is 1. The van der Waals surface area contributed by atoms with Gasteiger partial charge in [0.1, 0.15) is 0 Å². The molecule has 0 amide bonds. The Kier molecular flexibility index (Phi) is 16.3. The van der Waals surface area contributed by atoms with Crippen LogP contribution in [0.25, 0.3) is 0 Å². The Morgan fingerprint density at radius 2 is 1.73 bits per heavy atom. The van der Waals surface area contributed by atoms with E-state index in [0.29, 0.717) is 0 Å². The third kappa shape index (κ3) is 16.7. The summed E-state index contributed by atoms with van der Waals surface area (Å²) in [5.74, 6) is -0.981. The first-order chi connectivity index (χ1) is 7.12. The van der Waals surface area contributed by atoms with Crippen LogP contribution in [0.5, 0.6) is 0 Å². The van der Waals surface area contributed by atoms with E-state index in [4.69, 9.17) is 5.11 Å². The number of hydrogen-bond acceptors (Lipinski definition) is 1. The van der Waals surface area contributed by atoms with Gasteiger partial charge in [0.25, 0.3) is 0 Å². The molecular weight excluding hydrogens is 295 g/mol. The molecule has 0 aliphatic rings. The van der Waals surface area contributed by atoms with Crippen LogP contribution in [0.3, 0.4) is 0 Å². The van der Waals surface area contributed by atoms with Crippen LogP contribution < -0.4 is 0 Å². The Balaban J connectivity index is 0. The molecule has 0 fully saturated rings. The molecule has 89 valence electrons. The molecule has 0 spiro atoms. The van der Waals surface area contributed by atoms with E-state index in [1.165, 1.54) is 19.3 Å². The van der Waals surface area contributed by atoms with Crippen molar-refractivity contribution < 1.29 is 9.90 Å². The van der Waals surface area contributed by atoms with Crippen molar-refractivity contribution in [2.45, 2.75) is 53.3 Å². The molecule has 0 rings (SSSR count). The molecule has 0 aromatic heterocycles. The summed E-state index contributed by atoms with van der Waals surface area (Å²) in [6, 6.07) is 0. The van der Waals surface area contributed by atoms with Gasteiger partial charge in [-0.05, 0) is 0 Å². The summed E-state index contributed by atoms with van der Waals surface area (Å²) in [6.45, 7) is 10.0. The fourth-order valence-electron chi connectivity index (χ4n) is 1.23. The molecule has 15 heavy (non-hydrogen) atoms. The van der Waals surface area contributed by atoms with E-state index in [9.17, 15) is 4.79 Å². The summed E-state index contributed by atoms with van der Waals surface area (Å²) in [5.41, 5.74) is 0. The van der Waals surface area contributed by atoms with E-state index in [1.807, 2.05) is 0 Å². The van der Waals surface area contributed by atoms with Crippen molar-refractivity contribution in [1.29, 1.82) is 0 Å². The Labute approximate surface area is 102 Å². The van der Waals surface area contributed by atoms with Gasteiger partial charge in [-0.2, -0.15) is 0 Å². The SMILES string of the molecule is C=CC(=O)O.CCCC[CH2][Sn]([CH2]C)[CH2]C. The number of aliphatic carboxylic acids is 1. The molecule has 0 aliphatic heterocycles. The zero-order chi connectivity index (χ0) is 12.1. The second kappa shape index (κ2) is 14.0. The normalized spacial score (nSPS) is 9.33. The minimum atomic E-state index is -0.981. The van der Waals surface area contributed by atoms with Crippen molar-refractivity contribution in [3.63, 3.8) is 0 Å². The van der Waals surface area contributed by atoms with Crippen LogP contribution in [0.15, 0.2) is 12.7 Å². The predicted octanol–water partition coefficient (Wildman–Crippen LogP) is 3.97. The van der Waals surface area contributed by atoms with Gasteiger partial charge < -0.3 is 5.11 Å². The fourth-order valence-corrected chi connectivity index (χ4v) is 6.81. The molecule has 0 saturated carbocycles. The van der Waals surface area contributed by atoms with Crippen LogP contribution in [0.2, 0.25) is 13.3 Å². The minimum absolute atomic E-state index is 0.735. The molecule has 0 aliphatic carbocycles. The number of carbonyl (C=O) groups is 1. The average molecular weight is 320 g/mol. The third-order valence-electron chi connectivity index (χ3n) is 2.31. The fraction of sp³-hybridized carbons (Fsp3) is 0.750. The van der Waals surface area contributed by atoms with E-state index in [-0.39, 0.29) is 0 Å². The zero-order valence-corrected chi connectivity index (χ0v) is 13.2. The molecule has 0 aromatic carbocycles. The number of carboxylic acids is 1. The van der Waals surface area contributed by atoms with Crippen molar-refractivity contribution in [2.75, 3.05) is 0 Å². The Morgan fingerprint density at radius 1 is 1.27 bits per heavy atom. The zero-order valence-electron chi connectivity index (χ0n) is 10.4. The monoisotopic (exact) mass is 321 g/mol. The number of rotatable bonds is 7. The van der Waals surface area contributed by atoms with E-state index >= 15 is 0 Å². The summed E-state index contributed by atoms with van der Waals surface area (Å²) in [5, 5.41) is 7.60. The van der Waals surface area contributed by atoms with Gasteiger partial charge in [-0.25, -0.2) is 4.79 Å². The van der Waals surface area contributed by atoms with E-state index < -0.39 is 25.7 Å². The molecule has 2 nitrogen and oxygen atoms in total. The molecule has 0 unspecified atom stereocenters. The third-order valence-corrected chi connectivity index (χ3v) is 11.0. The Morgan fingerprint density at radius 3 is 2.00 bits per heavy atom. The molecule has 3 heteroatoms. The average Bonchev–Trinajstić information content (AvgIpc) is 2.25. The first-order valence-electron chi connectivity index (χ1n) is 5.81. The van der Waals surface area contributed by atoms with Crippen LogP contribution in [0.1, 0.15) is 40.0 Å². The second-order valence-electron chi connectivity index (χ2n) is 3.46. The summed E-state index contributed by atoms with van der Waals surface area (Å²) in [6.07, 6.45) is 5.24. The van der Waals surface area contributed by atoms with Crippen LogP contribution in [-0.4, -0.2) is 30.8 Å². The first-order valence-corrected chi connectivity index (χ1v) is 11.9. The standard InChI is InChI=1S/C5H11.C3H4O2.2C2H5.Sn/c1-3-5-4-2;1-2-3(4)5;2*1-2;/h1,3-5H2,2H3;2H,1H2,(H,4,5);2*1H2,2H3;. The van der Waals surface area contributed by atoms with Crippen molar-refractivity contribution >= 4 is 25.7 Å². The van der Waals surface area contributed by atoms with Gasteiger partial charge in [0.15, 0.2) is 0 Å². The summed E-state index contributed by atoms with van der Waals surface area (Å²) >= 11 is -0.735. The maximum atomic E-state index is 9.25. The van der Waals surface area contributed by atoms with Gasteiger partial charge in [0.2, 0.25) is 0 Å². The van der Waals surface area contributed by atoms with E-state index in [0.717, 1.165) is 6.08 Å². The predicted molar refractivity (Wildman–Crippen MR) is 68.9 cm³/mol. The van der Waals surface area contributed by atoms with Gasteiger partial charge >= 0.3 is 79.1 Å². The molecule has 0 atom stereocenters. The summed E-state index contributed by atoms with van der Waals surface area (Å²) < 4.78 is 4.80. The molecule has 1 radical (unpaired) electrons. The maximum absolute atomic E-state index is 9.25. The quantitative estimate of drug-likeness (QED) is 0.438. The van der Waals surface area contributed by atoms with E-state index in [1.54, 1.807) is 13.3 Å². The molecule has 0 aromatic rings. The van der Waals surface area contributed by atoms with Gasteiger partial charge in [-0.1, -0.05) is 6.58 Å². The second-order valence-corrected chi connectivity index (χ2v) is 13.2. The van der Waals surface area contributed by atoms with Crippen molar-refractivity contribution in [3.05, 3.63) is 12.7 Å².